The number of carbonyl (C=O) groups is 2. The Bertz CT molecular complexity index is 916. The summed E-state index contributed by atoms with van der Waals surface area (Å²) in [6, 6.07) is 19.9. The molecule has 1 amide bonds. The molecule has 0 atom stereocenters. The third-order valence-electron chi connectivity index (χ3n) is 3.61. The Morgan fingerprint density at radius 1 is 0.846 bits per heavy atom. The largest absolute Gasteiger partial charge is 0.483 e. The van der Waals surface area contributed by atoms with Gasteiger partial charge in [0, 0.05) is 11.1 Å². The van der Waals surface area contributed by atoms with E-state index in [1.54, 1.807) is 24.3 Å². The first-order valence-electron chi connectivity index (χ1n) is 7.97. The van der Waals surface area contributed by atoms with Gasteiger partial charge in [-0.1, -0.05) is 36.4 Å². The number of hydrogen-bond donors (Lipinski definition) is 2. The van der Waals surface area contributed by atoms with E-state index in [1.807, 2.05) is 42.5 Å². The number of carbonyl (C=O) groups excluding carboxylic acids is 1. The minimum Gasteiger partial charge on any atom is -0.483 e. The Labute approximate surface area is 150 Å². The van der Waals surface area contributed by atoms with E-state index in [9.17, 15) is 9.59 Å². The molecule has 0 saturated heterocycles. The lowest BCUT2D eigenvalue weighted by atomic mass is 10.1. The minimum absolute atomic E-state index is 0.120. The second-order valence-corrected chi connectivity index (χ2v) is 5.52. The number of anilines is 1. The van der Waals surface area contributed by atoms with Gasteiger partial charge in [0.1, 0.15) is 11.5 Å². The van der Waals surface area contributed by atoms with Gasteiger partial charge in [0.05, 0.1) is 0 Å². The lowest BCUT2D eigenvalue weighted by molar-refractivity contribution is -0.139. The maximum atomic E-state index is 12.1. The number of hydrogen-bond acceptors (Lipinski definition) is 4. The third-order valence-corrected chi connectivity index (χ3v) is 3.61. The van der Waals surface area contributed by atoms with Crippen LogP contribution in [0.15, 0.2) is 66.7 Å². The summed E-state index contributed by atoms with van der Waals surface area (Å²) in [6.07, 6.45) is 0. The van der Waals surface area contributed by atoms with Gasteiger partial charge in [0.25, 0.3) is 5.91 Å². The van der Waals surface area contributed by atoms with Crippen LogP contribution in [0, 0.1) is 0 Å². The first-order chi connectivity index (χ1) is 12.6. The molecule has 0 aliphatic carbocycles. The van der Waals surface area contributed by atoms with Crippen molar-refractivity contribution in [1.82, 2.24) is 0 Å². The zero-order valence-corrected chi connectivity index (χ0v) is 13.8. The van der Waals surface area contributed by atoms with E-state index in [-0.39, 0.29) is 12.5 Å². The van der Waals surface area contributed by atoms with Gasteiger partial charge < -0.3 is 19.9 Å². The van der Waals surface area contributed by atoms with Crippen molar-refractivity contribution in [3.05, 3.63) is 66.7 Å². The molecule has 0 aromatic heterocycles. The fourth-order valence-electron chi connectivity index (χ4n) is 2.44. The molecule has 0 saturated carbocycles. The monoisotopic (exact) mass is 351 g/mol. The smallest absolute Gasteiger partial charge is 0.341 e. The summed E-state index contributed by atoms with van der Waals surface area (Å²) < 4.78 is 10.7. The second kappa shape index (κ2) is 8.02. The van der Waals surface area contributed by atoms with Gasteiger partial charge in [0.15, 0.2) is 13.2 Å². The fourth-order valence-corrected chi connectivity index (χ4v) is 2.44. The molecule has 26 heavy (non-hydrogen) atoms. The Kier molecular flexibility index (Phi) is 5.34. The molecule has 0 unspecified atom stereocenters. The van der Waals surface area contributed by atoms with Crippen LogP contribution in [-0.4, -0.2) is 30.2 Å². The van der Waals surface area contributed by atoms with Gasteiger partial charge in [0.2, 0.25) is 0 Å². The first-order valence-corrected chi connectivity index (χ1v) is 7.97. The van der Waals surface area contributed by atoms with Crippen molar-refractivity contribution in [3.63, 3.8) is 0 Å². The average Bonchev–Trinajstić information content (AvgIpc) is 2.65. The Balaban J connectivity index is 1.56. The molecule has 2 N–H and O–H groups in total. The number of aliphatic carboxylic acids is 1. The maximum absolute atomic E-state index is 12.1. The number of fused-ring (bicyclic) bond motifs is 1. The van der Waals surface area contributed by atoms with E-state index in [0.717, 1.165) is 10.8 Å². The van der Waals surface area contributed by atoms with Crippen LogP contribution in [0.1, 0.15) is 0 Å². The van der Waals surface area contributed by atoms with Crippen LogP contribution in [0.5, 0.6) is 11.5 Å². The Morgan fingerprint density at radius 2 is 1.58 bits per heavy atom. The molecule has 0 aliphatic heterocycles. The highest BCUT2D eigenvalue weighted by Gasteiger charge is 2.07. The molecule has 3 aromatic rings. The minimum atomic E-state index is -1.05. The SMILES string of the molecule is O=C(O)COc1ccc(NC(=O)COc2cccc3ccccc23)cc1. The normalized spacial score (nSPS) is 10.3. The molecule has 0 radical (unpaired) electrons. The molecular formula is C20H17NO5. The zero-order valence-electron chi connectivity index (χ0n) is 13.8. The summed E-state index contributed by atoms with van der Waals surface area (Å²) in [5.41, 5.74) is 0.569. The van der Waals surface area contributed by atoms with Crippen LogP contribution in [0.3, 0.4) is 0 Å². The van der Waals surface area contributed by atoms with Crippen LogP contribution < -0.4 is 14.8 Å². The standard InChI is InChI=1S/C20H17NO5/c22-19(21-15-8-10-16(11-9-15)25-13-20(23)24)12-26-18-7-3-5-14-4-1-2-6-17(14)18/h1-11H,12-13H2,(H,21,22)(H,23,24). The van der Waals surface area contributed by atoms with E-state index in [2.05, 4.69) is 5.32 Å². The summed E-state index contributed by atoms with van der Waals surface area (Å²) in [6.45, 7) is -0.532. The molecule has 132 valence electrons. The number of nitrogens with one attached hydrogen (secondary N) is 1. The van der Waals surface area contributed by atoms with E-state index < -0.39 is 12.6 Å². The van der Waals surface area contributed by atoms with Crippen molar-refractivity contribution in [2.45, 2.75) is 0 Å². The van der Waals surface area contributed by atoms with Crippen LogP contribution in [0.25, 0.3) is 10.8 Å². The molecule has 0 heterocycles. The van der Waals surface area contributed by atoms with Crippen LogP contribution in [-0.2, 0) is 9.59 Å². The van der Waals surface area contributed by atoms with Crippen molar-refractivity contribution in [2.75, 3.05) is 18.5 Å². The summed E-state index contributed by atoms with van der Waals surface area (Å²) in [5.74, 6) is -0.279. The van der Waals surface area contributed by atoms with Gasteiger partial charge >= 0.3 is 5.97 Å². The molecule has 6 heteroatoms. The molecular weight excluding hydrogens is 334 g/mol. The van der Waals surface area contributed by atoms with Crippen LogP contribution >= 0.6 is 0 Å². The maximum Gasteiger partial charge on any atom is 0.341 e. The first kappa shape index (κ1) is 17.3. The molecule has 0 spiro atoms. The highest BCUT2D eigenvalue weighted by atomic mass is 16.5. The van der Waals surface area contributed by atoms with E-state index in [4.69, 9.17) is 14.6 Å². The van der Waals surface area contributed by atoms with Gasteiger partial charge in [-0.2, -0.15) is 0 Å². The molecule has 0 bridgehead atoms. The van der Waals surface area contributed by atoms with Crippen molar-refractivity contribution in [3.8, 4) is 11.5 Å². The summed E-state index contributed by atoms with van der Waals surface area (Å²) >= 11 is 0. The number of benzene rings is 3. The topological polar surface area (TPSA) is 84.9 Å². The van der Waals surface area contributed by atoms with Crippen LogP contribution in [0.4, 0.5) is 5.69 Å². The number of rotatable bonds is 7. The lowest BCUT2D eigenvalue weighted by Gasteiger charge is -2.10. The van der Waals surface area contributed by atoms with Gasteiger partial charge in [-0.15, -0.1) is 0 Å². The van der Waals surface area contributed by atoms with Gasteiger partial charge in [-0.3, -0.25) is 4.79 Å². The molecule has 3 rings (SSSR count). The van der Waals surface area contributed by atoms with E-state index in [0.29, 0.717) is 17.2 Å². The summed E-state index contributed by atoms with van der Waals surface area (Å²) in [5, 5.41) is 13.3. The number of ether oxygens (including phenoxy) is 2. The second-order valence-electron chi connectivity index (χ2n) is 5.52. The lowest BCUT2D eigenvalue weighted by Crippen LogP contribution is -2.20. The zero-order chi connectivity index (χ0) is 18.4. The predicted octanol–water partition coefficient (Wildman–Crippen LogP) is 3.32. The number of carboxylic acid groups (broad SMARTS) is 1. The van der Waals surface area contributed by atoms with Gasteiger partial charge in [-0.05, 0) is 35.7 Å². The van der Waals surface area contributed by atoms with Crippen molar-refractivity contribution in [2.24, 2.45) is 0 Å². The summed E-state index contributed by atoms with van der Waals surface area (Å²) in [7, 11) is 0. The van der Waals surface area contributed by atoms with E-state index in [1.165, 1.54) is 0 Å². The molecule has 3 aromatic carbocycles. The molecule has 6 nitrogen and oxygen atoms in total. The van der Waals surface area contributed by atoms with Crippen molar-refractivity contribution in [1.29, 1.82) is 0 Å². The highest BCUT2D eigenvalue weighted by molar-refractivity contribution is 5.93. The van der Waals surface area contributed by atoms with Crippen molar-refractivity contribution < 1.29 is 24.2 Å². The third kappa shape index (κ3) is 4.51. The number of carboxylic acids is 1. The quantitative estimate of drug-likeness (QED) is 0.682. The Morgan fingerprint density at radius 3 is 2.35 bits per heavy atom. The fraction of sp³-hybridized carbons (Fsp3) is 0.100. The highest BCUT2D eigenvalue weighted by Crippen LogP contribution is 2.25. The Hall–Kier alpha value is -3.54. The van der Waals surface area contributed by atoms with Crippen molar-refractivity contribution >= 4 is 28.3 Å². The molecule has 0 aliphatic rings. The summed E-state index contributed by atoms with van der Waals surface area (Å²) in [4.78, 5) is 22.5. The van der Waals surface area contributed by atoms with Crippen LogP contribution in [0.2, 0.25) is 0 Å². The average molecular weight is 351 g/mol. The van der Waals surface area contributed by atoms with Gasteiger partial charge in [-0.25, -0.2) is 4.79 Å². The molecule has 0 fully saturated rings. The number of amides is 1. The predicted molar refractivity (Wildman–Crippen MR) is 97.6 cm³/mol. The van der Waals surface area contributed by atoms with E-state index >= 15 is 0 Å².